The van der Waals surface area contributed by atoms with Gasteiger partial charge in [-0.1, -0.05) is 30.3 Å². The second-order valence-electron chi connectivity index (χ2n) is 9.00. The summed E-state index contributed by atoms with van der Waals surface area (Å²) in [7, 11) is -4.32. The van der Waals surface area contributed by atoms with Crippen LogP contribution in [0.1, 0.15) is 22.8 Å². The number of non-ortho nitro benzene ring substituents is 1. The Kier molecular flexibility index (Phi) is 9.59. The predicted octanol–water partition coefficient (Wildman–Crippen LogP) is 1.78. The molecule has 3 atom stereocenters. The van der Waals surface area contributed by atoms with Gasteiger partial charge in [0.05, 0.1) is 28.1 Å². The van der Waals surface area contributed by atoms with E-state index < -0.39 is 52.2 Å². The van der Waals surface area contributed by atoms with Crippen LogP contribution in [0.15, 0.2) is 77.7 Å². The Bertz CT molecular complexity index is 1380. The molecule has 0 bridgehead atoms. The predicted molar refractivity (Wildman–Crippen MR) is 141 cm³/mol. The number of nitro benzene ring substituents is 1. The van der Waals surface area contributed by atoms with Gasteiger partial charge in [0.15, 0.2) is 0 Å². The topological polar surface area (TPSA) is 191 Å². The van der Waals surface area contributed by atoms with Gasteiger partial charge in [-0.15, -0.1) is 0 Å². The number of aromatic hydroxyl groups is 2. The van der Waals surface area contributed by atoms with Crippen LogP contribution in [-0.4, -0.2) is 75.3 Å². The molecule has 0 fully saturated rings. The quantitative estimate of drug-likeness (QED) is 0.163. The Morgan fingerprint density at radius 3 is 2.10 bits per heavy atom. The van der Waals surface area contributed by atoms with Gasteiger partial charge in [0, 0.05) is 36.9 Å². The van der Waals surface area contributed by atoms with Crippen molar-refractivity contribution in [1.29, 1.82) is 0 Å². The number of carbonyl (C=O) groups is 1. The van der Waals surface area contributed by atoms with Crippen molar-refractivity contribution in [3.8, 4) is 11.5 Å². The van der Waals surface area contributed by atoms with Crippen LogP contribution in [0.4, 0.5) is 5.69 Å². The number of carbonyl (C=O) groups excluding carboxylic acids is 1. The molecule has 0 unspecified atom stereocenters. The van der Waals surface area contributed by atoms with Crippen molar-refractivity contribution in [2.24, 2.45) is 0 Å². The molecule has 208 valence electrons. The maximum Gasteiger partial charge on any atom is 0.269 e. The fraction of sp³-hybridized carbons (Fsp3) is 0.269. The van der Waals surface area contributed by atoms with Crippen LogP contribution in [0.5, 0.6) is 11.5 Å². The van der Waals surface area contributed by atoms with Crippen LogP contribution < -0.4 is 5.32 Å². The van der Waals surface area contributed by atoms with E-state index in [1.807, 2.05) is 0 Å². The molecule has 0 aliphatic rings. The first-order valence-electron chi connectivity index (χ1n) is 11.9. The van der Waals surface area contributed by atoms with Gasteiger partial charge < -0.3 is 25.7 Å². The molecule has 5 N–H and O–H groups in total. The van der Waals surface area contributed by atoms with E-state index in [0.717, 1.165) is 52.3 Å². The van der Waals surface area contributed by atoms with Crippen molar-refractivity contribution in [3.05, 3.63) is 94.0 Å². The number of benzene rings is 3. The minimum Gasteiger partial charge on any atom is -0.508 e. The van der Waals surface area contributed by atoms with Gasteiger partial charge >= 0.3 is 0 Å². The SMILES string of the molecule is C[C@@H](O)CN(C[C@@H](O)[C@H](Cc1ccccc1)NC(=O)c1cc(O)cc(O)c1)S(=O)(=O)c1ccc([N+](=O)[O-])cc1. The zero-order chi connectivity index (χ0) is 28.7. The molecule has 13 heteroatoms. The Morgan fingerprint density at radius 1 is 0.974 bits per heavy atom. The smallest absolute Gasteiger partial charge is 0.269 e. The van der Waals surface area contributed by atoms with Gasteiger partial charge in [0.25, 0.3) is 11.6 Å². The number of nitro groups is 1. The summed E-state index contributed by atoms with van der Waals surface area (Å²) in [5.74, 6) is -1.43. The molecule has 0 spiro atoms. The molecule has 12 nitrogen and oxygen atoms in total. The van der Waals surface area contributed by atoms with Crippen LogP contribution in [0.25, 0.3) is 0 Å². The molecule has 39 heavy (non-hydrogen) atoms. The molecule has 3 rings (SSSR count). The van der Waals surface area contributed by atoms with E-state index in [4.69, 9.17) is 0 Å². The monoisotopic (exact) mass is 559 g/mol. The first kappa shape index (κ1) is 29.5. The number of sulfonamides is 1. The maximum absolute atomic E-state index is 13.4. The van der Waals surface area contributed by atoms with Crippen molar-refractivity contribution >= 4 is 21.6 Å². The number of aliphatic hydroxyl groups excluding tert-OH is 2. The number of hydrogen-bond donors (Lipinski definition) is 5. The number of amides is 1. The molecule has 0 aliphatic carbocycles. The van der Waals surface area contributed by atoms with E-state index >= 15 is 0 Å². The minimum atomic E-state index is -4.32. The zero-order valence-corrected chi connectivity index (χ0v) is 21.7. The molecule has 1 amide bonds. The molecule has 0 aromatic heterocycles. The van der Waals surface area contributed by atoms with Crippen molar-refractivity contribution in [3.63, 3.8) is 0 Å². The average Bonchev–Trinajstić information content (AvgIpc) is 2.87. The summed E-state index contributed by atoms with van der Waals surface area (Å²) in [5, 5.41) is 54.3. The summed E-state index contributed by atoms with van der Waals surface area (Å²) < 4.78 is 27.6. The van der Waals surface area contributed by atoms with Gasteiger partial charge in [-0.2, -0.15) is 4.31 Å². The molecule has 0 radical (unpaired) electrons. The first-order chi connectivity index (χ1) is 18.4. The molecule has 0 saturated heterocycles. The minimum absolute atomic E-state index is 0.0860. The average molecular weight is 560 g/mol. The Hall–Kier alpha value is -4.04. The van der Waals surface area contributed by atoms with Gasteiger partial charge in [-0.3, -0.25) is 14.9 Å². The molecule has 3 aromatic rings. The van der Waals surface area contributed by atoms with E-state index in [0.29, 0.717) is 0 Å². The fourth-order valence-electron chi connectivity index (χ4n) is 3.92. The lowest BCUT2D eigenvalue weighted by Crippen LogP contribution is -2.51. The number of nitrogens with one attached hydrogen (secondary N) is 1. The third-order valence-corrected chi connectivity index (χ3v) is 7.63. The standard InChI is InChI=1S/C26H29N3O9S/c1-17(30)15-28(39(37,38)23-9-7-20(8-10-23)29(35)36)16-25(33)24(11-18-5-3-2-4-6-18)27-26(34)19-12-21(31)14-22(32)13-19/h2-10,12-14,17,24-25,30-33H,11,15-16H2,1H3,(H,27,34)/t17-,24+,25-/m1/s1. The highest BCUT2D eigenvalue weighted by atomic mass is 32.2. The summed E-state index contributed by atoms with van der Waals surface area (Å²) >= 11 is 0. The summed E-state index contributed by atoms with van der Waals surface area (Å²) in [6.07, 6.45) is -2.51. The summed E-state index contributed by atoms with van der Waals surface area (Å²) in [6.45, 7) is 0.429. The first-order valence-corrected chi connectivity index (χ1v) is 13.3. The number of nitrogens with zero attached hydrogens (tertiary/aromatic N) is 2. The van der Waals surface area contributed by atoms with Crippen molar-refractivity contribution < 1.29 is 38.6 Å². The lowest BCUT2D eigenvalue weighted by atomic mass is 10.0. The summed E-state index contributed by atoms with van der Waals surface area (Å²) in [6, 6.07) is 15.3. The Morgan fingerprint density at radius 2 is 1.56 bits per heavy atom. The van der Waals surface area contributed by atoms with Crippen molar-refractivity contribution in [1.82, 2.24) is 9.62 Å². The largest absolute Gasteiger partial charge is 0.508 e. The highest BCUT2D eigenvalue weighted by Crippen LogP contribution is 2.23. The summed E-state index contributed by atoms with van der Waals surface area (Å²) in [4.78, 5) is 23.0. The van der Waals surface area contributed by atoms with E-state index in [-0.39, 0.29) is 34.1 Å². The van der Waals surface area contributed by atoms with Gasteiger partial charge in [0.2, 0.25) is 10.0 Å². The van der Waals surface area contributed by atoms with E-state index in [1.54, 1.807) is 30.3 Å². The van der Waals surface area contributed by atoms with E-state index in [2.05, 4.69) is 5.32 Å². The lowest BCUT2D eigenvalue weighted by molar-refractivity contribution is -0.384. The molecule has 0 heterocycles. The Labute approximate surface area is 225 Å². The number of hydrogen-bond acceptors (Lipinski definition) is 9. The van der Waals surface area contributed by atoms with Crippen LogP contribution >= 0.6 is 0 Å². The van der Waals surface area contributed by atoms with Crippen molar-refractivity contribution in [2.45, 2.75) is 36.5 Å². The van der Waals surface area contributed by atoms with E-state index in [1.165, 1.54) is 6.92 Å². The maximum atomic E-state index is 13.4. The highest BCUT2D eigenvalue weighted by molar-refractivity contribution is 7.89. The summed E-state index contributed by atoms with van der Waals surface area (Å²) in [5.41, 5.74) is 0.331. The molecular formula is C26H29N3O9S. The van der Waals surface area contributed by atoms with Crippen LogP contribution in [0, 0.1) is 10.1 Å². The van der Waals surface area contributed by atoms with Crippen LogP contribution in [-0.2, 0) is 16.4 Å². The lowest BCUT2D eigenvalue weighted by Gasteiger charge is -2.30. The molecule has 0 aliphatic heterocycles. The number of phenolic OH excluding ortho intramolecular Hbond substituents is 2. The second kappa shape index (κ2) is 12.7. The van der Waals surface area contributed by atoms with Gasteiger partial charge in [0.1, 0.15) is 11.5 Å². The third kappa shape index (κ3) is 7.97. The number of aliphatic hydroxyl groups is 2. The fourth-order valence-corrected chi connectivity index (χ4v) is 5.46. The van der Waals surface area contributed by atoms with Crippen LogP contribution in [0.2, 0.25) is 0 Å². The number of rotatable bonds is 12. The van der Waals surface area contributed by atoms with E-state index in [9.17, 15) is 43.8 Å². The van der Waals surface area contributed by atoms with Gasteiger partial charge in [-0.05, 0) is 43.2 Å². The zero-order valence-electron chi connectivity index (χ0n) is 20.9. The van der Waals surface area contributed by atoms with Crippen LogP contribution in [0.3, 0.4) is 0 Å². The van der Waals surface area contributed by atoms with Crippen molar-refractivity contribution in [2.75, 3.05) is 13.1 Å². The third-order valence-electron chi connectivity index (χ3n) is 5.79. The number of phenols is 2. The molecule has 3 aromatic carbocycles. The highest BCUT2D eigenvalue weighted by Gasteiger charge is 2.32. The normalized spacial score (nSPS) is 13.9. The Balaban J connectivity index is 1.91. The molecular weight excluding hydrogens is 530 g/mol. The van der Waals surface area contributed by atoms with Gasteiger partial charge in [-0.25, -0.2) is 8.42 Å². The molecule has 0 saturated carbocycles. The second-order valence-corrected chi connectivity index (χ2v) is 10.9.